The fourth-order valence-corrected chi connectivity index (χ4v) is 4.58. The second-order valence-electron chi connectivity index (χ2n) is 10.1. The SMILES string of the molecule is CCCCCCCCC/C=C\CCCCCCCC(=O)OC(COC(=O)CCC)COP(=O)(O)OCC(O)CO. The van der Waals surface area contributed by atoms with Gasteiger partial charge >= 0.3 is 19.8 Å². The van der Waals surface area contributed by atoms with Crippen LogP contribution in [0.5, 0.6) is 0 Å². The van der Waals surface area contributed by atoms with E-state index in [2.05, 4.69) is 23.6 Å². The molecule has 3 N–H and O–H groups in total. The second-order valence-corrected chi connectivity index (χ2v) is 11.6. The summed E-state index contributed by atoms with van der Waals surface area (Å²) in [6.45, 7) is 1.93. The molecule has 0 spiro atoms. The number of phosphoric ester groups is 1. The zero-order chi connectivity index (χ0) is 29.9. The van der Waals surface area contributed by atoms with Crippen molar-refractivity contribution >= 4 is 19.8 Å². The van der Waals surface area contributed by atoms with Crippen LogP contribution in [0.25, 0.3) is 0 Å². The average molecular weight is 595 g/mol. The van der Waals surface area contributed by atoms with E-state index in [4.69, 9.17) is 19.1 Å². The average Bonchev–Trinajstić information content (AvgIpc) is 2.93. The molecule has 0 aliphatic rings. The molecule has 0 aliphatic heterocycles. The summed E-state index contributed by atoms with van der Waals surface area (Å²) in [6.07, 6.45) is 19.4. The molecule has 0 heterocycles. The summed E-state index contributed by atoms with van der Waals surface area (Å²) in [7, 11) is -4.58. The van der Waals surface area contributed by atoms with Gasteiger partial charge in [-0.15, -0.1) is 0 Å². The van der Waals surface area contributed by atoms with Gasteiger partial charge in [-0.3, -0.25) is 18.6 Å². The Morgan fingerprint density at radius 1 is 0.725 bits per heavy atom. The Hall–Kier alpha value is -1.29. The molecule has 40 heavy (non-hydrogen) atoms. The predicted molar refractivity (Wildman–Crippen MR) is 155 cm³/mol. The van der Waals surface area contributed by atoms with Crippen molar-refractivity contribution in [3.8, 4) is 0 Å². The Morgan fingerprint density at radius 2 is 1.27 bits per heavy atom. The Kier molecular flexibility index (Phi) is 25.7. The van der Waals surface area contributed by atoms with Crippen molar-refractivity contribution in [1.82, 2.24) is 0 Å². The van der Waals surface area contributed by atoms with E-state index in [1.54, 1.807) is 0 Å². The van der Waals surface area contributed by atoms with Gasteiger partial charge in [0.25, 0.3) is 0 Å². The quantitative estimate of drug-likeness (QED) is 0.0416. The molecular weight excluding hydrogens is 539 g/mol. The summed E-state index contributed by atoms with van der Waals surface area (Å²) in [5.41, 5.74) is 0. The van der Waals surface area contributed by atoms with Crippen LogP contribution in [-0.2, 0) is 32.7 Å². The minimum atomic E-state index is -4.58. The lowest BCUT2D eigenvalue weighted by molar-refractivity contribution is -0.161. The molecule has 10 nitrogen and oxygen atoms in total. The molecule has 0 rings (SSSR count). The van der Waals surface area contributed by atoms with Gasteiger partial charge in [-0.25, -0.2) is 4.57 Å². The standard InChI is InChI=1S/C29H55O10P/c1-3-5-6-7-8-9-10-11-12-13-14-15-16-17-18-19-21-29(33)39-27(24-36-28(32)20-4-2)25-38-40(34,35)37-23-26(31)22-30/h12-13,26-27,30-31H,3-11,14-25H2,1-2H3,(H,34,35)/b13-12-. The molecule has 0 aromatic heterocycles. The molecule has 0 aliphatic carbocycles. The Bertz CT molecular complexity index is 700. The van der Waals surface area contributed by atoms with Crippen molar-refractivity contribution in [3.05, 3.63) is 12.2 Å². The number of aliphatic hydroxyl groups excluding tert-OH is 2. The van der Waals surface area contributed by atoms with Gasteiger partial charge in [-0.1, -0.05) is 83.8 Å². The number of hydrogen-bond donors (Lipinski definition) is 3. The van der Waals surface area contributed by atoms with Crippen molar-refractivity contribution in [1.29, 1.82) is 0 Å². The summed E-state index contributed by atoms with van der Waals surface area (Å²) in [5, 5.41) is 18.0. The molecule has 0 radical (unpaired) electrons. The van der Waals surface area contributed by atoms with Crippen LogP contribution < -0.4 is 0 Å². The van der Waals surface area contributed by atoms with E-state index in [9.17, 15) is 24.2 Å². The van der Waals surface area contributed by atoms with Gasteiger partial charge in [-0.05, 0) is 38.5 Å². The van der Waals surface area contributed by atoms with Gasteiger partial charge in [0.15, 0.2) is 6.10 Å². The van der Waals surface area contributed by atoms with Crippen LogP contribution in [0.3, 0.4) is 0 Å². The third-order valence-corrected chi connectivity index (χ3v) is 7.09. The first-order chi connectivity index (χ1) is 19.2. The highest BCUT2D eigenvalue weighted by atomic mass is 31.2. The Morgan fingerprint density at radius 3 is 1.85 bits per heavy atom. The van der Waals surface area contributed by atoms with Gasteiger partial charge in [0, 0.05) is 12.8 Å². The lowest BCUT2D eigenvalue weighted by Gasteiger charge is -2.20. The summed E-state index contributed by atoms with van der Waals surface area (Å²) in [5.74, 6) is -0.997. The molecule has 0 saturated carbocycles. The number of allylic oxidation sites excluding steroid dienone is 2. The van der Waals surface area contributed by atoms with Crippen LogP contribution in [0.1, 0.15) is 123 Å². The lowest BCUT2D eigenvalue weighted by Crippen LogP contribution is -2.29. The topological polar surface area (TPSA) is 149 Å². The number of rotatable bonds is 28. The van der Waals surface area contributed by atoms with E-state index in [0.717, 1.165) is 38.5 Å². The van der Waals surface area contributed by atoms with Crippen LogP contribution >= 0.6 is 7.82 Å². The maximum absolute atomic E-state index is 12.3. The minimum absolute atomic E-state index is 0.174. The molecule has 0 bridgehead atoms. The Labute approximate surface area is 241 Å². The van der Waals surface area contributed by atoms with Crippen molar-refractivity contribution in [2.75, 3.05) is 26.4 Å². The molecule has 3 atom stereocenters. The third-order valence-electron chi connectivity index (χ3n) is 6.14. The number of phosphoric acid groups is 1. The highest BCUT2D eigenvalue weighted by Crippen LogP contribution is 2.43. The van der Waals surface area contributed by atoms with Crippen LogP contribution in [0.4, 0.5) is 0 Å². The summed E-state index contributed by atoms with van der Waals surface area (Å²) >= 11 is 0. The number of esters is 2. The first-order valence-corrected chi connectivity index (χ1v) is 16.6. The normalized spacial score (nSPS) is 14.6. The van der Waals surface area contributed by atoms with Gasteiger partial charge in [0.05, 0.1) is 19.8 Å². The fourth-order valence-electron chi connectivity index (χ4n) is 3.79. The van der Waals surface area contributed by atoms with Gasteiger partial charge in [0.2, 0.25) is 0 Å². The number of hydrogen-bond acceptors (Lipinski definition) is 9. The number of ether oxygens (including phenoxy) is 2. The van der Waals surface area contributed by atoms with Crippen molar-refractivity contribution in [3.63, 3.8) is 0 Å². The maximum Gasteiger partial charge on any atom is 0.472 e. The fraction of sp³-hybridized carbons (Fsp3) is 0.862. The molecule has 0 aromatic rings. The third kappa shape index (κ3) is 25.7. The van der Waals surface area contributed by atoms with E-state index < -0.39 is 51.8 Å². The molecular formula is C29H55O10P. The van der Waals surface area contributed by atoms with Crippen molar-refractivity contribution < 1.29 is 47.8 Å². The van der Waals surface area contributed by atoms with Crippen LogP contribution in [0.2, 0.25) is 0 Å². The second kappa shape index (κ2) is 26.6. The number of aliphatic hydroxyl groups is 2. The molecule has 11 heteroatoms. The van der Waals surface area contributed by atoms with Crippen LogP contribution in [-0.4, -0.2) is 65.7 Å². The monoisotopic (exact) mass is 594 g/mol. The summed E-state index contributed by atoms with van der Waals surface area (Å²) in [4.78, 5) is 33.7. The molecule has 0 fully saturated rings. The molecule has 0 amide bonds. The van der Waals surface area contributed by atoms with E-state index >= 15 is 0 Å². The molecule has 236 valence electrons. The van der Waals surface area contributed by atoms with E-state index in [1.807, 2.05) is 6.92 Å². The largest absolute Gasteiger partial charge is 0.472 e. The minimum Gasteiger partial charge on any atom is -0.462 e. The maximum atomic E-state index is 12.3. The van der Waals surface area contributed by atoms with Gasteiger partial charge in [-0.2, -0.15) is 0 Å². The van der Waals surface area contributed by atoms with Crippen molar-refractivity contribution in [2.45, 2.75) is 135 Å². The Balaban J connectivity index is 4.14. The van der Waals surface area contributed by atoms with Crippen molar-refractivity contribution in [2.24, 2.45) is 0 Å². The molecule has 0 aromatic carbocycles. The first kappa shape index (κ1) is 38.7. The lowest BCUT2D eigenvalue weighted by atomic mass is 10.1. The van der Waals surface area contributed by atoms with E-state index in [0.29, 0.717) is 12.8 Å². The highest BCUT2D eigenvalue weighted by molar-refractivity contribution is 7.47. The first-order valence-electron chi connectivity index (χ1n) is 15.1. The molecule has 0 saturated heterocycles. The summed E-state index contributed by atoms with van der Waals surface area (Å²) < 4.78 is 31.8. The van der Waals surface area contributed by atoms with Crippen LogP contribution in [0, 0.1) is 0 Å². The highest BCUT2D eigenvalue weighted by Gasteiger charge is 2.27. The zero-order valence-electron chi connectivity index (χ0n) is 24.8. The smallest absolute Gasteiger partial charge is 0.462 e. The molecule has 3 unspecified atom stereocenters. The van der Waals surface area contributed by atoms with E-state index in [-0.39, 0.29) is 19.4 Å². The van der Waals surface area contributed by atoms with Gasteiger partial charge < -0.3 is 24.6 Å². The summed E-state index contributed by atoms with van der Waals surface area (Å²) in [6, 6.07) is 0. The number of unbranched alkanes of at least 4 members (excludes halogenated alkanes) is 12. The predicted octanol–water partition coefficient (Wildman–Crippen LogP) is 6.16. The number of carbonyl (C=O) groups is 2. The van der Waals surface area contributed by atoms with Gasteiger partial charge in [0.1, 0.15) is 12.7 Å². The van der Waals surface area contributed by atoms with E-state index in [1.165, 1.54) is 44.9 Å². The number of carbonyl (C=O) groups excluding carboxylic acids is 2. The van der Waals surface area contributed by atoms with Crippen LogP contribution in [0.15, 0.2) is 12.2 Å². The zero-order valence-corrected chi connectivity index (χ0v) is 25.7.